The van der Waals surface area contributed by atoms with E-state index in [4.69, 9.17) is 16.7 Å². The highest BCUT2D eigenvalue weighted by Crippen LogP contribution is 2.11. The number of amides is 1. The molecule has 2 N–H and O–H groups in total. The van der Waals surface area contributed by atoms with Crippen molar-refractivity contribution in [2.75, 3.05) is 12.3 Å². The van der Waals surface area contributed by atoms with E-state index in [9.17, 15) is 9.59 Å². The van der Waals surface area contributed by atoms with Crippen molar-refractivity contribution in [3.8, 4) is 0 Å². The van der Waals surface area contributed by atoms with E-state index in [1.54, 1.807) is 13.0 Å². The first kappa shape index (κ1) is 15.9. The summed E-state index contributed by atoms with van der Waals surface area (Å²) in [6.45, 7) is 2.08. The minimum atomic E-state index is -0.906. The van der Waals surface area contributed by atoms with Gasteiger partial charge >= 0.3 is 5.97 Å². The number of rotatable bonds is 7. The summed E-state index contributed by atoms with van der Waals surface area (Å²) < 4.78 is 0. The number of thioether (sulfide) groups is 1. The molecule has 0 aromatic heterocycles. The first-order valence-electron chi connectivity index (χ1n) is 5.84. The zero-order chi connectivity index (χ0) is 14.3. The Balaban J connectivity index is 2.22. The smallest absolute Gasteiger partial charge is 0.316 e. The van der Waals surface area contributed by atoms with Crippen molar-refractivity contribution in [2.24, 2.45) is 0 Å². The van der Waals surface area contributed by atoms with Gasteiger partial charge in [-0.1, -0.05) is 23.7 Å². The number of carboxylic acids is 1. The summed E-state index contributed by atoms with van der Waals surface area (Å²) in [5.41, 5.74) is 1.05. The summed E-state index contributed by atoms with van der Waals surface area (Å²) in [6, 6.07) is 7.46. The second-order valence-electron chi connectivity index (χ2n) is 4.02. The van der Waals surface area contributed by atoms with E-state index < -0.39 is 11.2 Å². The van der Waals surface area contributed by atoms with Crippen molar-refractivity contribution in [3.05, 3.63) is 34.9 Å². The zero-order valence-corrected chi connectivity index (χ0v) is 12.1. The van der Waals surface area contributed by atoms with Crippen LogP contribution in [0.1, 0.15) is 12.5 Å². The summed E-state index contributed by atoms with van der Waals surface area (Å²) in [6.07, 6.45) is 0.700. The monoisotopic (exact) mass is 301 g/mol. The molecule has 0 aliphatic rings. The number of halogens is 1. The second kappa shape index (κ2) is 8.07. The largest absolute Gasteiger partial charge is 0.480 e. The van der Waals surface area contributed by atoms with Crippen molar-refractivity contribution in [1.82, 2.24) is 5.32 Å². The van der Waals surface area contributed by atoms with Gasteiger partial charge in [-0.3, -0.25) is 9.59 Å². The number of carbonyl (C=O) groups is 2. The van der Waals surface area contributed by atoms with Crippen molar-refractivity contribution in [3.63, 3.8) is 0 Å². The van der Waals surface area contributed by atoms with E-state index in [1.165, 1.54) is 0 Å². The molecule has 0 aliphatic carbocycles. The number of nitrogens with one attached hydrogen (secondary N) is 1. The van der Waals surface area contributed by atoms with Gasteiger partial charge in [0.15, 0.2) is 0 Å². The van der Waals surface area contributed by atoms with Crippen molar-refractivity contribution >= 4 is 35.2 Å². The molecule has 0 heterocycles. The summed E-state index contributed by atoms with van der Waals surface area (Å²) in [5, 5.41) is 11.5. The van der Waals surface area contributed by atoms with Gasteiger partial charge in [0.25, 0.3) is 0 Å². The lowest BCUT2D eigenvalue weighted by Gasteiger charge is -2.07. The molecule has 0 saturated carbocycles. The third-order valence-corrected chi connectivity index (χ3v) is 3.80. The maximum Gasteiger partial charge on any atom is 0.316 e. The Morgan fingerprint density at radius 1 is 1.47 bits per heavy atom. The first-order valence-corrected chi connectivity index (χ1v) is 7.27. The fourth-order valence-corrected chi connectivity index (χ4v) is 2.22. The van der Waals surface area contributed by atoms with Crippen molar-refractivity contribution < 1.29 is 14.7 Å². The minimum absolute atomic E-state index is 0.153. The van der Waals surface area contributed by atoms with Crippen LogP contribution in [0.4, 0.5) is 0 Å². The Kier molecular flexibility index (Phi) is 6.73. The van der Waals surface area contributed by atoms with Crippen LogP contribution in [0.15, 0.2) is 24.3 Å². The standard InChI is InChI=1S/C13H16ClNO3S/c1-9(13(17)18)19-8-12(16)15-6-5-10-3-2-4-11(14)7-10/h2-4,7,9H,5-6,8H2,1H3,(H,15,16)(H,17,18). The van der Waals surface area contributed by atoms with E-state index in [2.05, 4.69) is 5.32 Å². The highest BCUT2D eigenvalue weighted by Gasteiger charge is 2.13. The number of hydrogen-bond donors (Lipinski definition) is 2. The predicted molar refractivity (Wildman–Crippen MR) is 77.7 cm³/mol. The SMILES string of the molecule is CC(SCC(=O)NCCc1cccc(Cl)c1)C(=O)O. The summed E-state index contributed by atoms with van der Waals surface area (Å²) in [7, 11) is 0. The quantitative estimate of drug-likeness (QED) is 0.810. The Morgan fingerprint density at radius 3 is 2.84 bits per heavy atom. The van der Waals surface area contributed by atoms with Gasteiger partial charge in [0.05, 0.1) is 11.0 Å². The lowest BCUT2D eigenvalue weighted by atomic mass is 10.1. The van der Waals surface area contributed by atoms with Gasteiger partial charge < -0.3 is 10.4 Å². The zero-order valence-electron chi connectivity index (χ0n) is 10.6. The number of aliphatic carboxylic acids is 1. The highest BCUT2D eigenvalue weighted by atomic mass is 35.5. The molecular weight excluding hydrogens is 286 g/mol. The minimum Gasteiger partial charge on any atom is -0.480 e. The number of hydrogen-bond acceptors (Lipinski definition) is 3. The summed E-state index contributed by atoms with van der Waals surface area (Å²) in [4.78, 5) is 22.1. The fraction of sp³-hybridized carbons (Fsp3) is 0.385. The van der Waals surface area contributed by atoms with E-state index in [0.717, 1.165) is 17.3 Å². The van der Waals surface area contributed by atoms with Gasteiger partial charge in [0.2, 0.25) is 5.91 Å². The lowest BCUT2D eigenvalue weighted by Crippen LogP contribution is -2.28. The van der Waals surface area contributed by atoms with Crippen LogP contribution in [0.25, 0.3) is 0 Å². The Morgan fingerprint density at radius 2 is 2.21 bits per heavy atom. The maximum absolute atomic E-state index is 11.5. The van der Waals surface area contributed by atoms with Crippen LogP contribution in [-0.4, -0.2) is 34.5 Å². The molecule has 1 atom stereocenters. The Labute approximate surface area is 121 Å². The number of carbonyl (C=O) groups excluding carboxylic acids is 1. The van der Waals surface area contributed by atoms with Crippen molar-refractivity contribution in [1.29, 1.82) is 0 Å². The molecular formula is C13H16ClNO3S. The molecule has 1 aromatic carbocycles. The van der Waals surface area contributed by atoms with Crippen LogP contribution >= 0.6 is 23.4 Å². The molecule has 19 heavy (non-hydrogen) atoms. The third kappa shape index (κ3) is 6.50. The summed E-state index contributed by atoms with van der Waals surface area (Å²) >= 11 is 6.96. The highest BCUT2D eigenvalue weighted by molar-refractivity contribution is 8.01. The van der Waals surface area contributed by atoms with Crippen LogP contribution < -0.4 is 5.32 Å². The molecule has 0 fully saturated rings. The fourth-order valence-electron chi connectivity index (χ4n) is 1.36. The van der Waals surface area contributed by atoms with Crippen LogP contribution in [0, 0.1) is 0 Å². The molecule has 0 saturated heterocycles. The molecule has 0 spiro atoms. The van der Waals surface area contributed by atoms with Crippen LogP contribution in [-0.2, 0) is 16.0 Å². The van der Waals surface area contributed by atoms with Crippen LogP contribution in [0.5, 0.6) is 0 Å². The molecule has 4 nitrogen and oxygen atoms in total. The molecule has 104 valence electrons. The Bertz CT molecular complexity index is 453. The Hall–Kier alpha value is -1.20. The van der Waals surface area contributed by atoms with E-state index in [-0.39, 0.29) is 11.7 Å². The average molecular weight is 302 g/mol. The topological polar surface area (TPSA) is 66.4 Å². The molecule has 0 bridgehead atoms. The van der Waals surface area contributed by atoms with Crippen LogP contribution in [0.2, 0.25) is 5.02 Å². The van der Waals surface area contributed by atoms with Crippen LogP contribution in [0.3, 0.4) is 0 Å². The average Bonchev–Trinajstić information content (AvgIpc) is 2.36. The number of benzene rings is 1. The molecule has 1 unspecified atom stereocenters. The van der Waals surface area contributed by atoms with Gasteiger partial charge in [-0.25, -0.2) is 0 Å². The molecule has 0 aliphatic heterocycles. The molecule has 0 radical (unpaired) electrons. The summed E-state index contributed by atoms with van der Waals surface area (Å²) in [5.74, 6) is -0.903. The van der Waals surface area contributed by atoms with Gasteiger partial charge in [-0.05, 0) is 31.0 Å². The van der Waals surface area contributed by atoms with E-state index >= 15 is 0 Å². The molecule has 1 rings (SSSR count). The lowest BCUT2D eigenvalue weighted by molar-refractivity contribution is -0.136. The number of carboxylic acid groups (broad SMARTS) is 1. The predicted octanol–water partition coefficient (Wildman–Crippen LogP) is 2.20. The van der Waals surface area contributed by atoms with E-state index in [0.29, 0.717) is 18.0 Å². The van der Waals surface area contributed by atoms with Crippen molar-refractivity contribution in [2.45, 2.75) is 18.6 Å². The third-order valence-electron chi connectivity index (χ3n) is 2.44. The normalized spacial score (nSPS) is 11.9. The van der Waals surface area contributed by atoms with Gasteiger partial charge in [-0.15, -0.1) is 11.8 Å². The molecule has 1 aromatic rings. The van der Waals surface area contributed by atoms with Gasteiger partial charge in [0, 0.05) is 11.6 Å². The van der Waals surface area contributed by atoms with E-state index in [1.807, 2.05) is 18.2 Å². The second-order valence-corrected chi connectivity index (χ2v) is 5.79. The molecule has 6 heteroatoms. The molecule has 1 amide bonds. The first-order chi connectivity index (χ1) is 8.99. The van der Waals surface area contributed by atoms with Gasteiger partial charge in [0.1, 0.15) is 0 Å². The van der Waals surface area contributed by atoms with Gasteiger partial charge in [-0.2, -0.15) is 0 Å². The maximum atomic E-state index is 11.5.